The third-order valence-corrected chi connectivity index (χ3v) is 6.55. The second kappa shape index (κ2) is 12.9. The fraction of sp³-hybridized carbons (Fsp3) is 0.464. The van der Waals surface area contributed by atoms with Crippen molar-refractivity contribution in [3.8, 4) is 11.1 Å². The second-order valence-electron chi connectivity index (χ2n) is 8.98. The molecule has 3 rings (SSSR count). The van der Waals surface area contributed by atoms with Crippen LogP contribution in [0.2, 0.25) is 0 Å². The maximum atomic E-state index is 12.8. The molecule has 0 aromatic heterocycles. The van der Waals surface area contributed by atoms with Crippen LogP contribution in [0.4, 0.5) is 4.79 Å². The molecule has 0 bridgehead atoms. The molecule has 0 fully saturated rings. The molecule has 0 radical (unpaired) electrons. The lowest BCUT2D eigenvalue weighted by atomic mass is 9.98. The Labute approximate surface area is 207 Å². The number of hydrogen-bond donors (Lipinski definition) is 2. The van der Waals surface area contributed by atoms with Crippen LogP contribution in [-0.2, 0) is 14.3 Å². The lowest BCUT2D eigenvalue weighted by Gasteiger charge is -2.25. The Hall–Kier alpha value is -3.35. The molecule has 1 aliphatic carbocycles. The quantitative estimate of drug-likeness (QED) is 0.411. The molecule has 0 heterocycles. The molecule has 35 heavy (non-hydrogen) atoms. The predicted molar refractivity (Wildman–Crippen MR) is 135 cm³/mol. The van der Waals surface area contributed by atoms with E-state index in [-0.39, 0.29) is 37.3 Å². The van der Waals surface area contributed by atoms with Gasteiger partial charge >= 0.3 is 12.1 Å². The van der Waals surface area contributed by atoms with Crippen LogP contribution in [0.15, 0.2) is 48.5 Å². The molecule has 1 aliphatic rings. The van der Waals surface area contributed by atoms with Gasteiger partial charge in [-0.1, -0.05) is 68.3 Å². The van der Waals surface area contributed by atoms with Crippen LogP contribution < -0.4 is 5.32 Å². The highest BCUT2D eigenvalue weighted by Crippen LogP contribution is 2.44. The lowest BCUT2D eigenvalue weighted by Crippen LogP contribution is -2.41. The van der Waals surface area contributed by atoms with E-state index in [0.717, 1.165) is 24.0 Å². The molecule has 0 spiro atoms. The van der Waals surface area contributed by atoms with Gasteiger partial charge in [0, 0.05) is 37.9 Å². The molecule has 2 amide bonds. The first-order valence-electron chi connectivity index (χ1n) is 12.6. The van der Waals surface area contributed by atoms with Gasteiger partial charge in [-0.3, -0.25) is 9.59 Å². The highest BCUT2D eigenvalue weighted by atomic mass is 16.5. The fourth-order valence-electron chi connectivity index (χ4n) is 4.70. The zero-order valence-electron chi connectivity index (χ0n) is 20.7. The standard InChI is InChI=1S/C28H36N2O5/c1-3-5-11-20(18-26(31)30(4-2)17-10-16-27(32)33)29-28(34)35-19-25-23-14-8-6-12-21(23)22-13-7-9-15-24(22)25/h6-9,12-15,20,25H,3-5,10-11,16-19H2,1-2H3,(H,29,34)(H,32,33). The maximum Gasteiger partial charge on any atom is 0.407 e. The molecule has 7 nitrogen and oxygen atoms in total. The summed E-state index contributed by atoms with van der Waals surface area (Å²) >= 11 is 0. The summed E-state index contributed by atoms with van der Waals surface area (Å²) in [6.07, 6.45) is 2.61. The predicted octanol–water partition coefficient (Wildman–Crippen LogP) is 5.19. The molecule has 7 heteroatoms. The molecule has 0 saturated carbocycles. The number of carbonyl (C=O) groups is 3. The van der Waals surface area contributed by atoms with E-state index in [2.05, 4.69) is 36.5 Å². The molecule has 0 saturated heterocycles. The van der Waals surface area contributed by atoms with Gasteiger partial charge in [0.25, 0.3) is 0 Å². The Morgan fingerprint density at radius 2 is 1.63 bits per heavy atom. The van der Waals surface area contributed by atoms with Gasteiger partial charge in [0.1, 0.15) is 6.61 Å². The number of benzene rings is 2. The third-order valence-electron chi connectivity index (χ3n) is 6.55. The van der Waals surface area contributed by atoms with Crippen LogP contribution in [0.3, 0.4) is 0 Å². The van der Waals surface area contributed by atoms with Gasteiger partial charge in [-0.05, 0) is 42.0 Å². The molecule has 1 atom stereocenters. The molecule has 188 valence electrons. The van der Waals surface area contributed by atoms with Crippen molar-refractivity contribution in [1.29, 1.82) is 0 Å². The van der Waals surface area contributed by atoms with Crippen molar-refractivity contribution >= 4 is 18.0 Å². The van der Waals surface area contributed by atoms with E-state index in [9.17, 15) is 14.4 Å². The summed E-state index contributed by atoms with van der Waals surface area (Å²) in [4.78, 5) is 38.0. The number of ether oxygens (including phenoxy) is 1. The zero-order valence-corrected chi connectivity index (χ0v) is 20.7. The number of alkyl carbamates (subject to hydrolysis) is 1. The fourth-order valence-corrected chi connectivity index (χ4v) is 4.70. The molecular formula is C28H36N2O5. The van der Waals surface area contributed by atoms with Crippen LogP contribution in [0.5, 0.6) is 0 Å². The monoisotopic (exact) mass is 480 g/mol. The number of fused-ring (bicyclic) bond motifs is 3. The van der Waals surface area contributed by atoms with Crippen molar-refractivity contribution < 1.29 is 24.2 Å². The summed E-state index contributed by atoms with van der Waals surface area (Å²) in [5.74, 6) is -0.974. The number of hydrogen-bond acceptors (Lipinski definition) is 4. The summed E-state index contributed by atoms with van der Waals surface area (Å²) in [5, 5.41) is 11.8. The number of carboxylic acids is 1. The number of nitrogens with zero attached hydrogens (tertiary/aromatic N) is 1. The lowest BCUT2D eigenvalue weighted by molar-refractivity contribution is -0.138. The minimum absolute atomic E-state index is 0.0197. The Morgan fingerprint density at radius 3 is 2.20 bits per heavy atom. The number of carbonyl (C=O) groups excluding carboxylic acids is 2. The number of nitrogens with one attached hydrogen (secondary N) is 1. The maximum absolute atomic E-state index is 12.8. The van der Waals surface area contributed by atoms with Crippen molar-refractivity contribution in [2.75, 3.05) is 19.7 Å². The average Bonchev–Trinajstić information content (AvgIpc) is 3.17. The van der Waals surface area contributed by atoms with Gasteiger partial charge in [-0.15, -0.1) is 0 Å². The number of rotatable bonds is 13. The average molecular weight is 481 g/mol. The van der Waals surface area contributed by atoms with E-state index in [1.807, 2.05) is 31.2 Å². The van der Waals surface area contributed by atoms with E-state index < -0.39 is 12.1 Å². The number of unbranched alkanes of at least 4 members (excludes halogenated alkanes) is 1. The van der Waals surface area contributed by atoms with E-state index in [1.54, 1.807) is 4.90 Å². The Kier molecular flexibility index (Phi) is 9.70. The summed E-state index contributed by atoms with van der Waals surface area (Å²) < 4.78 is 5.67. The van der Waals surface area contributed by atoms with Crippen molar-refractivity contribution in [2.24, 2.45) is 0 Å². The van der Waals surface area contributed by atoms with Gasteiger partial charge in [0.05, 0.1) is 0 Å². The van der Waals surface area contributed by atoms with E-state index in [1.165, 1.54) is 11.1 Å². The Morgan fingerprint density at radius 1 is 1.00 bits per heavy atom. The van der Waals surface area contributed by atoms with Crippen molar-refractivity contribution in [2.45, 2.75) is 64.3 Å². The van der Waals surface area contributed by atoms with Gasteiger partial charge < -0.3 is 20.1 Å². The van der Waals surface area contributed by atoms with Crippen LogP contribution in [0.1, 0.15) is 69.4 Å². The molecule has 2 aromatic carbocycles. The molecular weight excluding hydrogens is 444 g/mol. The molecule has 2 aromatic rings. The molecule has 1 unspecified atom stereocenters. The highest BCUT2D eigenvalue weighted by molar-refractivity contribution is 5.79. The Balaban J connectivity index is 1.58. The van der Waals surface area contributed by atoms with E-state index in [0.29, 0.717) is 25.9 Å². The minimum Gasteiger partial charge on any atom is -0.481 e. The summed E-state index contributed by atoms with van der Waals surface area (Å²) in [7, 11) is 0. The smallest absolute Gasteiger partial charge is 0.407 e. The van der Waals surface area contributed by atoms with Gasteiger partial charge in [-0.2, -0.15) is 0 Å². The summed E-state index contributed by atoms with van der Waals surface area (Å²) in [6, 6.07) is 16.0. The van der Waals surface area contributed by atoms with Gasteiger partial charge in [0.2, 0.25) is 5.91 Å². The van der Waals surface area contributed by atoms with Gasteiger partial charge in [0.15, 0.2) is 0 Å². The summed E-state index contributed by atoms with van der Waals surface area (Å²) in [6.45, 7) is 5.07. The van der Waals surface area contributed by atoms with Crippen LogP contribution in [0.25, 0.3) is 11.1 Å². The zero-order chi connectivity index (χ0) is 25.2. The molecule has 0 aliphatic heterocycles. The largest absolute Gasteiger partial charge is 0.481 e. The Bertz CT molecular complexity index is 976. The first-order valence-corrected chi connectivity index (χ1v) is 12.6. The first-order chi connectivity index (χ1) is 16.9. The van der Waals surface area contributed by atoms with Crippen LogP contribution in [0, 0.1) is 0 Å². The minimum atomic E-state index is -0.869. The topological polar surface area (TPSA) is 95.9 Å². The molecule has 2 N–H and O–H groups in total. The van der Waals surface area contributed by atoms with Crippen molar-refractivity contribution in [3.05, 3.63) is 59.7 Å². The van der Waals surface area contributed by atoms with Crippen LogP contribution in [-0.4, -0.2) is 53.7 Å². The number of aliphatic carboxylic acids is 1. The van der Waals surface area contributed by atoms with E-state index in [4.69, 9.17) is 9.84 Å². The summed E-state index contributed by atoms with van der Waals surface area (Å²) in [5.41, 5.74) is 4.65. The van der Waals surface area contributed by atoms with Crippen molar-refractivity contribution in [1.82, 2.24) is 10.2 Å². The van der Waals surface area contributed by atoms with E-state index >= 15 is 0 Å². The van der Waals surface area contributed by atoms with Crippen LogP contribution >= 0.6 is 0 Å². The first kappa shape index (κ1) is 26.3. The SMILES string of the molecule is CCCCC(CC(=O)N(CC)CCCC(=O)O)NC(=O)OCC1c2ccccc2-c2ccccc21. The van der Waals surface area contributed by atoms with Crippen molar-refractivity contribution in [3.63, 3.8) is 0 Å². The number of carboxylic acid groups (broad SMARTS) is 1. The van der Waals surface area contributed by atoms with Gasteiger partial charge in [-0.25, -0.2) is 4.79 Å². The highest BCUT2D eigenvalue weighted by Gasteiger charge is 2.29. The number of amides is 2. The second-order valence-corrected chi connectivity index (χ2v) is 8.98. The third kappa shape index (κ3) is 7.07. The normalized spacial score (nSPS) is 13.0.